The second kappa shape index (κ2) is 8.63. The fraction of sp³-hybridized carbons (Fsp3) is 0.300. The van der Waals surface area contributed by atoms with Crippen molar-refractivity contribution in [1.29, 1.82) is 0 Å². The summed E-state index contributed by atoms with van der Waals surface area (Å²) in [7, 11) is -2.47. The fourth-order valence-corrected chi connectivity index (χ4v) is 3.98. The molecule has 10 nitrogen and oxygen atoms in total. The largest absolute Gasteiger partial charge is 0.481 e. The average Bonchev–Trinajstić information content (AvgIpc) is 2.77. The summed E-state index contributed by atoms with van der Waals surface area (Å²) in [4.78, 5) is 33.0. The molecule has 0 unspecified atom stereocenters. The minimum atomic E-state index is -3.93. The van der Waals surface area contributed by atoms with Crippen LogP contribution in [-0.2, 0) is 21.2 Å². The van der Waals surface area contributed by atoms with Crippen molar-refractivity contribution in [3.05, 3.63) is 53.0 Å². The molecule has 0 fully saturated rings. The van der Waals surface area contributed by atoms with Crippen LogP contribution < -0.4 is 15.8 Å². The number of hydrogen-bond acceptors (Lipinski definition) is 8. The minimum Gasteiger partial charge on any atom is -0.481 e. The Kier molecular flexibility index (Phi) is 6.28. The number of sulfone groups is 1. The Morgan fingerprint density at radius 2 is 2.03 bits per heavy atom. The number of halogens is 1. The standard InChI is InChI=1S/C20H21FN4O6S/c1-20(19(27)24-28,32(3,29)30)6-7-25-11-23-16-9-13(15(21)8-14(16)18(25)26)12-4-5-17(31-2)22-10-12/h4-5,8-11,28H,6-7H2,1-3H3,(H,24,27)/t20-/m0/s1. The van der Waals surface area contributed by atoms with Crippen molar-refractivity contribution in [3.8, 4) is 17.0 Å². The van der Waals surface area contributed by atoms with Gasteiger partial charge in [0.25, 0.3) is 11.5 Å². The van der Waals surface area contributed by atoms with Crippen LogP contribution in [0, 0.1) is 5.82 Å². The molecule has 0 bridgehead atoms. The average molecular weight is 464 g/mol. The molecule has 0 aliphatic carbocycles. The summed E-state index contributed by atoms with van der Waals surface area (Å²) in [6, 6.07) is 5.66. The third kappa shape index (κ3) is 4.18. The third-order valence-electron chi connectivity index (χ3n) is 5.40. The molecule has 12 heteroatoms. The van der Waals surface area contributed by atoms with Crippen LogP contribution in [0.15, 0.2) is 41.6 Å². The molecule has 2 aromatic heterocycles. The molecule has 0 spiro atoms. The number of aromatic nitrogens is 3. The number of benzene rings is 1. The van der Waals surface area contributed by atoms with Gasteiger partial charge in [-0.15, -0.1) is 0 Å². The highest BCUT2D eigenvalue weighted by Gasteiger charge is 2.43. The molecule has 3 rings (SSSR count). The van der Waals surface area contributed by atoms with Gasteiger partial charge in [-0.3, -0.25) is 19.4 Å². The predicted molar refractivity (Wildman–Crippen MR) is 114 cm³/mol. The molecular formula is C20H21FN4O6S. The van der Waals surface area contributed by atoms with Crippen LogP contribution in [0.4, 0.5) is 4.39 Å². The van der Waals surface area contributed by atoms with E-state index in [2.05, 4.69) is 9.97 Å². The predicted octanol–water partition coefficient (Wildman–Crippen LogP) is 1.30. The Balaban J connectivity index is 1.98. The first-order valence-electron chi connectivity index (χ1n) is 9.35. The van der Waals surface area contributed by atoms with Crippen molar-refractivity contribution in [2.75, 3.05) is 13.4 Å². The first-order chi connectivity index (χ1) is 15.0. The normalized spacial score (nSPS) is 13.5. The highest BCUT2D eigenvalue weighted by Crippen LogP contribution is 2.27. The SMILES string of the molecule is COc1ccc(-c2cc3ncn(CC[C@@](C)(C(=O)NO)S(C)(=O)=O)c(=O)c3cc2F)cn1. The van der Waals surface area contributed by atoms with Gasteiger partial charge in [0.15, 0.2) is 14.6 Å². The number of fused-ring (bicyclic) bond motifs is 1. The molecule has 3 aromatic rings. The van der Waals surface area contributed by atoms with Gasteiger partial charge in [-0.2, -0.15) is 0 Å². The van der Waals surface area contributed by atoms with Crippen LogP contribution in [0.5, 0.6) is 5.88 Å². The molecule has 0 aliphatic heterocycles. The molecule has 0 saturated carbocycles. The highest BCUT2D eigenvalue weighted by molar-refractivity contribution is 7.92. The van der Waals surface area contributed by atoms with Crippen molar-refractivity contribution < 1.29 is 27.5 Å². The molecule has 0 saturated heterocycles. The van der Waals surface area contributed by atoms with E-state index < -0.39 is 31.9 Å². The van der Waals surface area contributed by atoms with E-state index in [9.17, 15) is 22.4 Å². The van der Waals surface area contributed by atoms with Gasteiger partial charge in [-0.05, 0) is 31.5 Å². The number of nitrogens with zero attached hydrogens (tertiary/aromatic N) is 3. The Bertz CT molecular complexity index is 1340. The summed E-state index contributed by atoms with van der Waals surface area (Å²) in [6.45, 7) is 0.937. The van der Waals surface area contributed by atoms with Crippen LogP contribution in [0.3, 0.4) is 0 Å². The number of pyridine rings is 1. The van der Waals surface area contributed by atoms with Gasteiger partial charge in [0.1, 0.15) is 5.82 Å². The van der Waals surface area contributed by atoms with Crippen LogP contribution in [0.25, 0.3) is 22.0 Å². The van der Waals surface area contributed by atoms with Gasteiger partial charge >= 0.3 is 0 Å². The number of carbonyl (C=O) groups is 1. The van der Waals surface area contributed by atoms with Gasteiger partial charge in [-0.1, -0.05) is 0 Å². The van der Waals surface area contributed by atoms with E-state index in [-0.39, 0.29) is 29.4 Å². The third-order valence-corrected chi connectivity index (χ3v) is 7.43. The monoisotopic (exact) mass is 464 g/mol. The van der Waals surface area contributed by atoms with E-state index in [1.54, 1.807) is 12.1 Å². The number of nitrogens with one attached hydrogen (secondary N) is 1. The smallest absolute Gasteiger partial charge is 0.264 e. The maximum absolute atomic E-state index is 14.8. The molecule has 0 aliphatic rings. The minimum absolute atomic E-state index is 0.0112. The Labute approximate surface area is 182 Å². The molecular weight excluding hydrogens is 443 g/mol. The summed E-state index contributed by atoms with van der Waals surface area (Å²) in [5, 5.41) is 8.90. The zero-order chi connectivity index (χ0) is 23.7. The zero-order valence-electron chi connectivity index (χ0n) is 17.5. The maximum atomic E-state index is 14.8. The topological polar surface area (TPSA) is 140 Å². The second-order valence-corrected chi connectivity index (χ2v) is 9.82. The van der Waals surface area contributed by atoms with Gasteiger partial charge in [0.05, 0.1) is 24.3 Å². The zero-order valence-corrected chi connectivity index (χ0v) is 18.3. The molecule has 32 heavy (non-hydrogen) atoms. The number of carbonyl (C=O) groups excluding carboxylic acids is 1. The van der Waals surface area contributed by atoms with E-state index in [0.29, 0.717) is 11.4 Å². The number of ether oxygens (including phenoxy) is 1. The van der Waals surface area contributed by atoms with Gasteiger partial charge < -0.3 is 4.74 Å². The lowest BCUT2D eigenvalue weighted by atomic mass is 10.0. The molecule has 170 valence electrons. The maximum Gasteiger partial charge on any atom is 0.264 e. The number of aryl methyl sites for hydroxylation is 1. The van der Waals surface area contributed by atoms with Crippen molar-refractivity contribution in [3.63, 3.8) is 0 Å². The van der Waals surface area contributed by atoms with E-state index in [1.807, 2.05) is 0 Å². The van der Waals surface area contributed by atoms with Crippen molar-refractivity contribution in [2.24, 2.45) is 0 Å². The summed E-state index contributed by atoms with van der Waals surface area (Å²) in [6.07, 6.45) is 3.17. The quantitative estimate of drug-likeness (QED) is 0.394. The van der Waals surface area contributed by atoms with Gasteiger partial charge in [0, 0.05) is 36.2 Å². The van der Waals surface area contributed by atoms with E-state index >= 15 is 0 Å². The van der Waals surface area contributed by atoms with Crippen molar-refractivity contribution >= 4 is 26.6 Å². The lowest BCUT2D eigenvalue weighted by Gasteiger charge is -2.25. The molecule has 2 heterocycles. The van der Waals surface area contributed by atoms with Gasteiger partial charge in [0.2, 0.25) is 5.88 Å². The molecule has 2 N–H and O–H groups in total. The van der Waals surface area contributed by atoms with E-state index in [4.69, 9.17) is 9.94 Å². The molecule has 0 radical (unpaired) electrons. The summed E-state index contributed by atoms with van der Waals surface area (Å²) in [5.41, 5.74) is 1.64. The second-order valence-electron chi connectivity index (χ2n) is 7.38. The molecule has 1 atom stereocenters. The number of rotatable bonds is 7. The molecule has 1 aromatic carbocycles. The van der Waals surface area contributed by atoms with Crippen molar-refractivity contribution in [1.82, 2.24) is 20.0 Å². The Morgan fingerprint density at radius 1 is 1.31 bits per heavy atom. The van der Waals surface area contributed by atoms with Crippen LogP contribution >= 0.6 is 0 Å². The summed E-state index contributed by atoms with van der Waals surface area (Å²) < 4.78 is 43.1. The summed E-state index contributed by atoms with van der Waals surface area (Å²) >= 11 is 0. The van der Waals surface area contributed by atoms with Gasteiger partial charge in [-0.25, -0.2) is 28.3 Å². The van der Waals surface area contributed by atoms with Crippen molar-refractivity contribution in [2.45, 2.75) is 24.6 Å². The number of amides is 1. The first-order valence-corrected chi connectivity index (χ1v) is 11.2. The number of hydroxylamine groups is 1. The highest BCUT2D eigenvalue weighted by atomic mass is 32.2. The van der Waals surface area contributed by atoms with Crippen LogP contribution in [0.1, 0.15) is 13.3 Å². The van der Waals surface area contributed by atoms with Crippen LogP contribution in [-0.4, -0.2) is 52.2 Å². The van der Waals surface area contributed by atoms with E-state index in [0.717, 1.165) is 23.8 Å². The Morgan fingerprint density at radius 3 is 2.59 bits per heavy atom. The first kappa shape index (κ1) is 23.3. The fourth-order valence-electron chi connectivity index (χ4n) is 3.14. The van der Waals surface area contributed by atoms with E-state index in [1.165, 1.54) is 31.2 Å². The number of methoxy groups -OCH3 is 1. The lowest BCUT2D eigenvalue weighted by molar-refractivity contribution is -0.131. The summed E-state index contributed by atoms with van der Waals surface area (Å²) in [5.74, 6) is -1.42. The molecule has 1 amide bonds. The number of hydrogen-bond donors (Lipinski definition) is 2. The lowest BCUT2D eigenvalue weighted by Crippen LogP contribution is -2.50. The Hall–Kier alpha value is -3.38. The van der Waals surface area contributed by atoms with Crippen LogP contribution in [0.2, 0.25) is 0 Å².